The van der Waals surface area contributed by atoms with E-state index >= 15 is 0 Å². The normalized spacial score (nSPS) is 12.4. The third-order valence-electron chi connectivity index (χ3n) is 6.39. The Morgan fingerprint density at radius 1 is 0.953 bits per heavy atom. The summed E-state index contributed by atoms with van der Waals surface area (Å²) in [6.07, 6.45) is 0.262. The molecular formula is C31H36BrCl2N3O5S. The van der Waals surface area contributed by atoms with Crippen molar-refractivity contribution in [2.45, 2.75) is 64.1 Å². The van der Waals surface area contributed by atoms with Crippen LogP contribution in [0.2, 0.25) is 10.0 Å². The number of nitrogens with one attached hydrogen (secondary N) is 1. The molecule has 0 aliphatic rings. The SMILES string of the molecule is CCOc1ccc(N(CC(=O)N(Cc2c(Cl)cccc2Cl)[C@@H](CC)C(=O)NC(C)(C)C)S(=O)(=O)c2ccc(Br)cc2)cc1. The van der Waals surface area contributed by atoms with Crippen molar-refractivity contribution in [3.05, 3.63) is 86.8 Å². The van der Waals surface area contributed by atoms with Gasteiger partial charge in [-0.1, -0.05) is 52.1 Å². The molecule has 1 atom stereocenters. The van der Waals surface area contributed by atoms with E-state index in [1.807, 2.05) is 27.7 Å². The van der Waals surface area contributed by atoms with E-state index in [2.05, 4.69) is 21.2 Å². The lowest BCUT2D eigenvalue weighted by molar-refractivity contribution is -0.141. The molecule has 0 spiro atoms. The van der Waals surface area contributed by atoms with Crippen LogP contribution in [0.15, 0.2) is 76.1 Å². The second kappa shape index (κ2) is 14.8. The molecule has 3 aromatic carbocycles. The molecule has 12 heteroatoms. The van der Waals surface area contributed by atoms with Crippen molar-refractivity contribution in [2.24, 2.45) is 0 Å². The van der Waals surface area contributed by atoms with Crippen LogP contribution in [0.3, 0.4) is 0 Å². The van der Waals surface area contributed by atoms with E-state index in [0.717, 1.165) is 4.31 Å². The maximum Gasteiger partial charge on any atom is 0.264 e. The van der Waals surface area contributed by atoms with Gasteiger partial charge in [-0.15, -0.1) is 0 Å². The average molecular weight is 714 g/mol. The highest BCUT2D eigenvalue weighted by Gasteiger charge is 2.35. The van der Waals surface area contributed by atoms with Gasteiger partial charge in [-0.05, 0) is 94.8 Å². The zero-order valence-corrected chi connectivity index (χ0v) is 28.6. The molecule has 0 aliphatic heterocycles. The number of carbonyl (C=O) groups excluding carboxylic acids is 2. The number of benzene rings is 3. The quantitative estimate of drug-likeness (QED) is 0.217. The molecule has 232 valence electrons. The first-order valence-corrected chi connectivity index (χ1v) is 16.7. The van der Waals surface area contributed by atoms with Gasteiger partial charge in [-0.2, -0.15) is 0 Å². The van der Waals surface area contributed by atoms with Gasteiger partial charge in [0.25, 0.3) is 10.0 Å². The average Bonchev–Trinajstić information content (AvgIpc) is 2.93. The fraction of sp³-hybridized carbons (Fsp3) is 0.355. The number of hydrogen-bond acceptors (Lipinski definition) is 5. The summed E-state index contributed by atoms with van der Waals surface area (Å²) in [6, 6.07) is 16.6. The predicted molar refractivity (Wildman–Crippen MR) is 175 cm³/mol. The Morgan fingerprint density at radius 2 is 1.53 bits per heavy atom. The molecule has 2 amide bonds. The van der Waals surface area contributed by atoms with E-state index < -0.39 is 34.1 Å². The highest BCUT2D eigenvalue weighted by Crippen LogP contribution is 2.30. The Hall–Kier alpha value is -2.79. The minimum atomic E-state index is -4.22. The van der Waals surface area contributed by atoms with E-state index in [4.69, 9.17) is 27.9 Å². The molecule has 8 nitrogen and oxygen atoms in total. The number of carbonyl (C=O) groups is 2. The van der Waals surface area contributed by atoms with Crippen LogP contribution in [0, 0.1) is 0 Å². The Morgan fingerprint density at radius 3 is 2.05 bits per heavy atom. The zero-order valence-electron chi connectivity index (χ0n) is 24.7. The van der Waals surface area contributed by atoms with Gasteiger partial charge in [0.15, 0.2) is 0 Å². The monoisotopic (exact) mass is 711 g/mol. The molecule has 0 fully saturated rings. The van der Waals surface area contributed by atoms with E-state index in [9.17, 15) is 18.0 Å². The number of rotatable bonds is 12. The lowest BCUT2D eigenvalue weighted by Crippen LogP contribution is -2.55. The van der Waals surface area contributed by atoms with Crippen LogP contribution in [-0.4, -0.2) is 49.9 Å². The lowest BCUT2D eigenvalue weighted by Gasteiger charge is -2.35. The first-order chi connectivity index (χ1) is 20.2. The van der Waals surface area contributed by atoms with Gasteiger partial charge in [-0.25, -0.2) is 8.42 Å². The summed E-state index contributed by atoms with van der Waals surface area (Å²) in [4.78, 5) is 29.1. The van der Waals surface area contributed by atoms with Gasteiger partial charge in [-0.3, -0.25) is 13.9 Å². The number of ether oxygens (including phenoxy) is 1. The smallest absolute Gasteiger partial charge is 0.264 e. The zero-order chi connectivity index (χ0) is 31.9. The molecule has 1 N–H and O–H groups in total. The van der Waals surface area contributed by atoms with Gasteiger partial charge < -0.3 is 15.0 Å². The molecule has 0 aromatic heterocycles. The predicted octanol–water partition coefficient (Wildman–Crippen LogP) is 7.07. The van der Waals surface area contributed by atoms with Gasteiger partial charge in [0.05, 0.1) is 17.2 Å². The summed E-state index contributed by atoms with van der Waals surface area (Å²) >= 11 is 16.3. The Kier molecular flexibility index (Phi) is 11.9. The Labute approximate surface area is 272 Å². The van der Waals surface area contributed by atoms with Gasteiger partial charge >= 0.3 is 0 Å². The standard InChI is InChI=1S/C31H36BrCl2N3O5S/c1-6-28(30(39)35-31(3,4)5)36(19-25-26(33)9-8-10-27(25)34)29(38)20-37(22-13-15-23(16-14-22)42-7-2)43(40,41)24-17-11-21(32)12-18-24/h8-18,28H,6-7,19-20H2,1-5H3,(H,35,39)/t28-/m0/s1. The van der Waals surface area contributed by atoms with Crippen molar-refractivity contribution in [1.82, 2.24) is 10.2 Å². The topological polar surface area (TPSA) is 96.0 Å². The van der Waals surface area contributed by atoms with E-state index in [1.54, 1.807) is 61.5 Å². The highest BCUT2D eigenvalue weighted by atomic mass is 79.9. The fourth-order valence-corrected chi connectivity index (χ4v) is 6.56. The van der Waals surface area contributed by atoms with Crippen molar-refractivity contribution in [2.75, 3.05) is 17.5 Å². The Balaban J connectivity index is 2.11. The first-order valence-electron chi connectivity index (χ1n) is 13.7. The summed E-state index contributed by atoms with van der Waals surface area (Å²) in [5.41, 5.74) is 0.132. The lowest BCUT2D eigenvalue weighted by atomic mass is 10.1. The molecule has 0 saturated carbocycles. The van der Waals surface area contributed by atoms with Crippen LogP contribution < -0.4 is 14.4 Å². The molecular weight excluding hydrogens is 677 g/mol. The van der Waals surface area contributed by atoms with Crippen LogP contribution in [-0.2, 0) is 26.2 Å². The van der Waals surface area contributed by atoms with Crippen LogP contribution >= 0.6 is 39.1 Å². The number of amides is 2. The van der Waals surface area contributed by atoms with E-state index in [1.165, 1.54) is 17.0 Å². The minimum absolute atomic E-state index is 0.00407. The molecule has 3 aromatic rings. The molecule has 0 heterocycles. The molecule has 3 rings (SSSR count). The molecule has 0 radical (unpaired) electrons. The number of anilines is 1. The summed E-state index contributed by atoms with van der Waals surface area (Å²) in [5, 5.41) is 3.58. The van der Waals surface area contributed by atoms with E-state index in [0.29, 0.717) is 32.4 Å². The van der Waals surface area contributed by atoms with Gasteiger partial charge in [0.2, 0.25) is 11.8 Å². The van der Waals surface area contributed by atoms with Crippen LogP contribution in [0.1, 0.15) is 46.6 Å². The summed E-state index contributed by atoms with van der Waals surface area (Å²) in [5.74, 6) is -0.435. The fourth-order valence-electron chi connectivity index (χ4n) is 4.36. The van der Waals surface area contributed by atoms with Crippen molar-refractivity contribution in [3.8, 4) is 5.75 Å². The molecule has 43 heavy (non-hydrogen) atoms. The van der Waals surface area contributed by atoms with Crippen LogP contribution in [0.4, 0.5) is 5.69 Å². The number of hydrogen-bond donors (Lipinski definition) is 1. The van der Waals surface area contributed by atoms with Crippen molar-refractivity contribution in [1.29, 1.82) is 0 Å². The number of sulfonamides is 1. The third-order valence-corrected chi connectivity index (χ3v) is 9.42. The third kappa shape index (κ3) is 9.11. The largest absolute Gasteiger partial charge is 0.494 e. The first kappa shape index (κ1) is 34.7. The van der Waals surface area contributed by atoms with Gasteiger partial charge in [0, 0.05) is 32.2 Å². The summed E-state index contributed by atoms with van der Waals surface area (Å²) in [6.45, 7) is 8.89. The maximum absolute atomic E-state index is 14.2. The molecule has 0 unspecified atom stereocenters. The van der Waals surface area contributed by atoms with Crippen molar-refractivity contribution >= 4 is 66.7 Å². The van der Waals surface area contributed by atoms with Crippen molar-refractivity contribution in [3.63, 3.8) is 0 Å². The van der Waals surface area contributed by atoms with E-state index in [-0.39, 0.29) is 29.5 Å². The van der Waals surface area contributed by atoms with Gasteiger partial charge in [0.1, 0.15) is 18.3 Å². The highest BCUT2D eigenvalue weighted by molar-refractivity contribution is 9.10. The number of nitrogens with zero attached hydrogens (tertiary/aromatic N) is 2. The van der Waals surface area contributed by atoms with Crippen molar-refractivity contribution < 1.29 is 22.7 Å². The second-order valence-corrected chi connectivity index (χ2v) is 14.4. The summed E-state index contributed by atoms with van der Waals surface area (Å²) in [7, 11) is -4.22. The molecule has 0 aliphatic carbocycles. The molecule has 0 bridgehead atoms. The summed E-state index contributed by atoms with van der Waals surface area (Å²) < 4.78 is 35.3. The second-order valence-electron chi connectivity index (χ2n) is 10.8. The Bertz CT molecular complexity index is 1510. The number of halogens is 3. The molecule has 0 saturated heterocycles. The minimum Gasteiger partial charge on any atom is -0.494 e. The van der Waals surface area contributed by atoms with Crippen LogP contribution in [0.5, 0.6) is 5.75 Å². The van der Waals surface area contributed by atoms with Crippen LogP contribution in [0.25, 0.3) is 0 Å². The maximum atomic E-state index is 14.2.